The Bertz CT molecular complexity index is 975. The lowest BCUT2D eigenvalue weighted by Crippen LogP contribution is -2.14. The van der Waals surface area contributed by atoms with Gasteiger partial charge in [-0.1, -0.05) is 12.1 Å². The van der Waals surface area contributed by atoms with Gasteiger partial charge in [0.05, 0.1) is 0 Å². The fraction of sp³-hybridized carbons (Fsp3) is 0.190. The molecule has 1 heterocycles. The first-order valence-electron chi connectivity index (χ1n) is 8.58. The Morgan fingerprint density at radius 3 is 2.52 bits per heavy atom. The van der Waals surface area contributed by atoms with Crippen molar-refractivity contribution in [1.29, 1.82) is 0 Å². The van der Waals surface area contributed by atoms with Gasteiger partial charge in [0.25, 0.3) is 5.91 Å². The molecule has 0 saturated carbocycles. The maximum absolute atomic E-state index is 12.3. The van der Waals surface area contributed by atoms with Gasteiger partial charge < -0.3 is 10.1 Å². The molecule has 0 aliphatic heterocycles. The maximum Gasteiger partial charge on any atom is 0.276 e. The van der Waals surface area contributed by atoms with Crippen LogP contribution in [0.25, 0.3) is 0 Å². The molecule has 3 aromatic rings. The van der Waals surface area contributed by atoms with E-state index in [-0.39, 0.29) is 24.1 Å². The fourth-order valence-corrected chi connectivity index (χ4v) is 2.54. The molecule has 0 aliphatic rings. The van der Waals surface area contributed by atoms with Crippen LogP contribution in [0.1, 0.15) is 38.9 Å². The SMILES string of the molecule is CC(=O)c1ccc(NC(=O)c2ccn(COc3cc(C)ccc3C)n2)cc1. The summed E-state index contributed by atoms with van der Waals surface area (Å²) in [6.45, 7) is 5.70. The first-order valence-corrected chi connectivity index (χ1v) is 8.58. The summed E-state index contributed by atoms with van der Waals surface area (Å²) >= 11 is 0. The minimum Gasteiger partial charge on any atom is -0.471 e. The molecule has 0 fully saturated rings. The van der Waals surface area contributed by atoms with Gasteiger partial charge in [-0.05, 0) is 68.3 Å². The van der Waals surface area contributed by atoms with Crippen LogP contribution in [0.15, 0.2) is 54.7 Å². The van der Waals surface area contributed by atoms with Crippen LogP contribution in [-0.2, 0) is 6.73 Å². The van der Waals surface area contributed by atoms with Gasteiger partial charge in [0.2, 0.25) is 0 Å². The minimum atomic E-state index is -0.323. The molecule has 1 amide bonds. The lowest BCUT2D eigenvalue weighted by atomic mass is 10.1. The summed E-state index contributed by atoms with van der Waals surface area (Å²) in [4.78, 5) is 23.6. The Kier molecular flexibility index (Phi) is 5.35. The Hall–Kier alpha value is -3.41. The molecule has 6 nitrogen and oxygen atoms in total. The summed E-state index contributed by atoms with van der Waals surface area (Å²) in [7, 11) is 0. The second kappa shape index (κ2) is 7.86. The van der Waals surface area contributed by atoms with Gasteiger partial charge in [0, 0.05) is 17.4 Å². The van der Waals surface area contributed by atoms with E-state index < -0.39 is 0 Å². The van der Waals surface area contributed by atoms with Gasteiger partial charge in [-0.2, -0.15) is 5.10 Å². The number of nitrogens with zero attached hydrogens (tertiary/aromatic N) is 2. The van der Waals surface area contributed by atoms with E-state index in [1.165, 1.54) is 6.92 Å². The Morgan fingerprint density at radius 1 is 1.07 bits per heavy atom. The van der Waals surface area contributed by atoms with Gasteiger partial charge in [0.1, 0.15) is 5.75 Å². The minimum absolute atomic E-state index is 0.0181. The second-order valence-electron chi connectivity index (χ2n) is 6.37. The summed E-state index contributed by atoms with van der Waals surface area (Å²) in [6.07, 6.45) is 1.69. The molecule has 2 aromatic carbocycles. The highest BCUT2D eigenvalue weighted by Crippen LogP contribution is 2.19. The van der Waals surface area contributed by atoms with Crippen LogP contribution in [0, 0.1) is 13.8 Å². The van der Waals surface area contributed by atoms with E-state index in [0.29, 0.717) is 11.3 Å². The molecule has 1 aromatic heterocycles. The molecular weight excluding hydrogens is 342 g/mol. The van der Waals surface area contributed by atoms with Crippen LogP contribution in [0.4, 0.5) is 5.69 Å². The monoisotopic (exact) mass is 363 g/mol. The number of ketones is 1. The normalized spacial score (nSPS) is 10.5. The molecule has 6 heteroatoms. The van der Waals surface area contributed by atoms with Crippen molar-refractivity contribution < 1.29 is 14.3 Å². The molecule has 27 heavy (non-hydrogen) atoms. The number of Topliss-reactive ketones (excluding diaryl/α,β-unsaturated/α-hetero) is 1. The lowest BCUT2D eigenvalue weighted by Gasteiger charge is -2.09. The van der Waals surface area contributed by atoms with Crippen molar-refractivity contribution in [3.63, 3.8) is 0 Å². The predicted octanol–water partition coefficient (Wildman–Crippen LogP) is 3.99. The van der Waals surface area contributed by atoms with Crippen LogP contribution in [0.3, 0.4) is 0 Å². The van der Waals surface area contributed by atoms with Crippen molar-refractivity contribution in [2.75, 3.05) is 5.32 Å². The number of ether oxygens (including phenoxy) is 1. The smallest absolute Gasteiger partial charge is 0.276 e. The molecule has 0 bridgehead atoms. The Morgan fingerprint density at radius 2 is 1.81 bits per heavy atom. The number of carbonyl (C=O) groups excluding carboxylic acids is 2. The zero-order valence-corrected chi connectivity index (χ0v) is 15.5. The quantitative estimate of drug-likeness (QED) is 0.672. The number of benzene rings is 2. The van der Waals surface area contributed by atoms with E-state index >= 15 is 0 Å². The highest BCUT2D eigenvalue weighted by molar-refractivity contribution is 6.03. The molecule has 0 atom stereocenters. The number of amides is 1. The number of rotatable bonds is 6. The van der Waals surface area contributed by atoms with Crippen molar-refractivity contribution in [1.82, 2.24) is 9.78 Å². The van der Waals surface area contributed by atoms with Crippen LogP contribution in [0.5, 0.6) is 5.75 Å². The van der Waals surface area contributed by atoms with Crippen LogP contribution < -0.4 is 10.1 Å². The molecule has 0 spiro atoms. The summed E-state index contributed by atoms with van der Waals surface area (Å²) < 4.78 is 7.35. The summed E-state index contributed by atoms with van der Waals surface area (Å²) in [5.41, 5.74) is 3.65. The average Bonchev–Trinajstić information content (AvgIpc) is 3.12. The van der Waals surface area contributed by atoms with Gasteiger partial charge in [0.15, 0.2) is 18.2 Å². The number of aryl methyl sites for hydroxylation is 2. The van der Waals surface area contributed by atoms with E-state index in [1.54, 1.807) is 41.2 Å². The molecule has 0 unspecified atom stereocenters. The van der Waals surface area contributed by atoms with E-state index in [1.807, 2.05) is 32.0 Å². The number of hydrogen-bond acceptors (Lipinski definition) is 4. The van der Waals surface area contributed by atoms with Crippen molar-refractivity contribution >= 4 is 17.4 Å². The largest absolute Gasteiger partial charge is 0.471 e. The van der Waals surface area contributed by atoms with Gasteiger partial charge in [-0.15, -0.1) is 0 Å². The number of carbonyl (C=O) groups is 2. The molecule has 1 N–H and O–H groups in total. The van der Waals surface area contributed by atoms with Gasteiger partial charge in [-0.3, -0.25) is 9.59 Å². The first kappa shape index (κ1) is 18.4. The standard InChI is InChI=1S/C21H21N3O3/c1-14-4-5-15(2)20(12-14)27-13-24-11-10-19(23-24)21(26)22-18-8-6-17(7-9-18)16(3)25/h4-12H,13H2,1-3H3,(H,22,26). The third-order valence-corrected chi connectivity index (χ3v) is 4.12. The third-order valence-electron chi connectivity index (χ3n) is 4.12. The molecule has 3 rings (SSSR count). The number of nitrogens with one attached hydrogen (secondary N) is 1. The van der Waals surface area contributed by atoms with Crippen molar-refractivity contribution in [3.8, 4) is 5.75 Å². The highest BCUT2D eigenvalue weighted by Gasteiger charge is 2.11. The van der Waals surface area contributed by atoms with E-state index in [4.69, 9.17) is 4.74 Å². The summed E-state index contributed by atoms with van der Waals surface area (Å²) in [5.74, 6) is 0.452. The van der Waals surface area contributed by atoms with Crippen LogP contribution in [0.2, 0.25) is 0 Å². The van der Waals surface area contributed by atoms with Crippen molar-refractivity contribution in [2.45, 2.75) is 27.5 Å². The zero-order chi connectivity index (χ0) is 19.4. The molecule has 0 radical (unpaired) electrons. The van der Waals surface area contributed by atoms with Gasteiger partial charge in [-0.25, -0.2) is 4.68 Å². The Balaban J connectivity index is 1.61. The molecule has 0 aliphatic carbocycles. The number of hydrogen-bond donors (Lipinski definition) is 1. The average molecular weight is 363 g/mol. The van der Waals surface area contributed by atoms with E-state index in [0.717, 1.165) is 16.9 Å². The topological polar surface area (TPSA) is 73.2 Å². The van der Waals surface area contributed by atoms with Crippen LogP contribution in [-0.4, -0.2) is 21.5 Å². The molecular formula is C21H21N3O3. The fourth-order valence-electron chi connectivity index (χ4n) is 2.54. The highest BCUT2D eigenvalue weighted by atomic mass is 16.5. The number of aromatic nitrogens is 2. The Labute approximate surface area is 157 Å². The maximum atomic E-state index is 12.3. The predicted molar refractivity (Wildman–Crippen MR) is 103 cm³/mol. The summed E-state index contributed by atoms with van der Waals surface area (Å²) in [5, 5.41) is 7.01. The molecule has 138 valence electrons. The zero-order valence-electron chi connectivity index (χ0n) is 15.5. The second-order valence-corrected chi connectivity index (χ2v) is 6.37. The van der Waals surface area contributed by atoms with Crippen molar-refractivity contribution in [2.24, 2.45) is 0 Å². The van der Waals surface area contributed by atoms with E-state index in [9.17, 15) is 9.59 Å². The molecule has 0 saturated heterocycles. The van der Waals surface area contributed by atoms with E-state index in [2.05, 4.69) is 10.4 Å². The lowest BCUT2D eigenvalue weighted by molar-refractivity contribution is 0.101. The van der Waals surface area contributed by atoms with Crippen LogP contribution >= 0.6 is 0 Å². The number of anilines is 1. The van der Waals surface area contributed by atoms with Gasteiger partial charge >= 0.3 is 0 Å². The van der Waals surface area contributed by atoms with Crippen molar-refractivity contribution in [3.05, 3.63) is 77.1 Å². The third kappa shape index (κ3) is 4.61. The summed E-state index contributed by atoms with van der Waals surface area (Å²) in [6, 6.07) is 14.4. The first-order chi connectivity index (χ1) is 12.9.